The van der Waals surface area contributed by atoms with E-state index in [0.717, 1.165) is 29.3 Å². The first kappa shape index (κ1) is 15.0. The van der Waals surface area contributed by atoms with Crippen LogP contribution in [0.1, 0.15) is 17.0 Å². The zero-order valence-corrected chi connectivity index (χ0v) is 13.9. The summed E-state index contributed by atoms with van der Waals surface area (Å²) in [5.41, 5.74) is 4.70. The Labute approximate surface area is 146 Å². The first-order chi connectivity index (χ1) is 11.8. The van der Waals surface area contributed by atoms with Crippen molar-refractivity contribution in [1.29, 1.82) is 0 Å². The zero-order valence-electron chi connectivity index (χ0n) is 13.2. The molecular weight excluding hydrogens is 316 g/mol. The van der Waals surface area contributed by atoms with Gasteiger partial charge in [0.25, 0.3) is 0 Å². The fourth-order valence-electron chi connectivity index (χ4n) is 2.99. The van der Waals surface area contributed by atoms with Crippen molar-refractivity contribution < 1.29 is 0 Å². The predicted molar refractivity (Wildman–Crippen MR) is 99.5 cm³/mol. The number of hydrogen-bond acceptors (Lipinski definition) is 1. The Morgan fingerprint density at radius 3 is 2.25 bits per heavy atom. The van der Waals surface area contributed by atoms with Gasteiger partial charge < -0.3 is 4.57 Å². The average Bonchev–Trinajstić information content (AvgIpc) is 2.95. The Bertz CT molecular complexity index is 956. The van der Waals surface area contributed by atoms with Crippen LogP contribution in [0.4, 0.5) is 0 Å². The van der Waals surface area contributed by atoms with Gasteiger partial charge in [0.1, 0.15) is 5.82 Å². The number of halogens is 1. The lowest BCUT2D eigenvalue weighted by molar-refractivity contribution is 0.762. The molecule has 0 saturated carbocycles. The van der Waals surface area contributed by atoms with Crippen LogP contribution in [-0.4, -0.2) is 9.55 Å². The number of benzene rings is 3. The van der Waals surface area contributed by atoms with E-state index in [1.165, 1.54) is 16.6 Å². The van der Waals surface area contributed by atoms with Crippen molar-refractivity contribution in [2.75, 3.05) is 0 Å². The molecule has 4 rings (SSSR count). The lowest BCUT2D eigenvalue weighted by Crippen LogP contribution is -2.06. The summed E-state index contributed by atoms with van der Waals surface area (Å²) < 4.78 is 2.30. The van der Waals surface area contributed by atoms with Crippen LogP contribution in [0.2, 0.25) is 5.02 Å². The van der Waals surface area contributed by atoms with Gasteiger partial charge in [-0.1, -0.05) is 66.2 Å². The third kappa shape index (κ3) is 3.06. The minimum atomic E-state index is 0.761. The maximum Gasteiger partial charge on any atom is 0.114 e. The van der Waals surface area contributed by atoms with E-state index in [2.05, 4.69) is 59.2 Å². The summed E-state index contributed by atoms with van der Waals surface area (Å²) in [5.74, 6) is 1.07. The molecule has 0 spiro atoms. The summed E-state index contributed by atoms with van der Waals surface area (Å²) in [6.07, 6.45) is 0.790. The lowest BCUT2D eigenvalue weighted by atomic mass is 10.1. The molecule has 2 nitrogen and oxygen atoms in total. The molecule has 0 aliphatic heterocycles. The monoisotopic (exact) mass is 332 g/mol. The Morgan fingerprint density at radius 1 is 0.750 bits per heavy atom. The summed E-state index contributed by atoms with van der Waals surface area (Å²) in [6.45, 7) is 0.824. The molecule has 118 valence electrons. The van der Waals surface area contributed by atoms with E-state index in [4.69, 9.17) is 16.6 Å². The van der Waals surface area contributed by atoms with Gasteiger partial charge in [0.2, 0.25) is 0 Å². The van der Waals surface area contributed by atoms with Crippen LogP contribution in [-0.2, 0) is 13.0 Å². The molecule has 0 radical (unpaired) electrons. The minimum absolute atomic E-state index is 0.761. The van der Waals surface area contributed by atoms with Gasteiger partial charge in [-0.15, -0.1) is 0 Å². The second kappa shape index (κ2) is 6.50. The summed E-state index contributed by atoms with van der Waals surface area (Å²) >= 11 is 6.00. The van der Waals surface area contributed by atoms with Gasteiger partial charge in [-0.3, -0.25) is 0 Å². The van der Waals surface area contributed by atoms with Crippen molar-refractivity contribution in [2.24, 2.45) is 0 Å². The Balaban J connectivity index is 1.76. The van der Waals surface area contributed by atoms with E-state index in [9.17, 15) is 0 Å². The molecule has 0 aliphatic carbocycles. The summed E-state index contributed by atoms with van der Waals surface area (Å²) in [4.78, 5) is 4.86. The van der Waals surface area contributed by atoms with Crippen LogP contribution < -0.4 is 0 Å². The number of hydrogen-bond donors (Lipinski definition) is 0. The fraction of sp³-hybridized carbons (Fsp3) is 0.0952. The smallest absolute Gasteiger partial charge is 0.114 e. The third-order valence-electron chi connectivity index (χ3n) is 4.19. The van der Waals surface area contributed by atoms with Gasteiger partial charge >= 0.3 is 0 Å². The van der Waals surface area contributed by atoms with Crippen LogP contribution >= 0.6 is 11.6 Å². The number of fused-ring (bicyclic) bond motifs is 1. The van der Waals surface area contributed by atoms with E-state index in [1.54, 1.807) is 0 Å². The van der Waals surface area contributed by atoms with Crippen LogP contribution in [0, 0.1) is 0 Å². The highest BCUT2D eigenvalue weighted by Gasteiger charge is 2.11. The number of para-hydroxylation sites is 2. The highest BCUT2D eigenvalue weighted by atomic mass is 35.5. The van der Waals surface area contributed by atoms with Gasteiger partial charge in [0.15, 0.2) is 0 Å². The van der Waals surface area contributed by atoms with Gasteiger partial charge in [0.05, 0.1) is 11.0 Å². The van der Waals surface area contributed by atoms with E-state index < -0.39 is 0 Å². The standard InChI is InChI=1S/C21H17ClN2/c22-18-12-10-16(11-13-18)14-21-23-19-8-4-5-9-20(19)24(21)15-17-6-2-1-3-7-17/h1-13H,14-15H2. The minimum Gasteiger partial charge on any atom is -0.323 e. The largest absolute Gasteiger partial charge is 0.323 e. The highest BCUT2D eigenvalue weighted by molar-refractivity contribution is 6.30. The van der Waals surface area contributed by atoms with Gasteiger partial charge in [-0.2, -0.15) is 0 Å². The van der Waals surface area contributed by atoms with Gasteiger partial charge in [0, 0.05) is 18.0 Å². The summed E-state index contributed by atoms with van der Waals surface area (Å²) in [7, 11) is 0. The van der Waals surface area contributed by atoms with E-state index >= 15 is 0 Å². The maximum absolute atomic E-state index is 6.00. The number of aromatic nitrogens is 2. The van der Waals surface area contributed by atoms with Crippen molar-refractivity contribution in [3.05, 3.63) is 101 Å². The van der Waals surface area contributed by atoms with E-state index in [-0.39, 0.29) is 0 Å². The van der Waals surface area contributed by atoms with Crippen LogP contribution in [0.25, 0.3) is 11.0 Å². The normalized spacial score (nSPS) is 11.0. The quantitative estimate of drug-likeness (QED) is 0.494. The highest BCUT2D eigenvalue weighted by Crippen LogP contribution is 2.21. The topological polar surface area (TPSA) is 17.8 Å². The van der Waals surface area contributed by atoms with Crippen LogP contribution in [0.3, 0.4) is 0 Å². The van der Waals surface area contributed by atoms with Crippen LogP contribution in [0.15, 0.2) is 78.9 Å². The Morgan fingerprint density at radius 2 is 1.46 bits per heavy atom. The zero-order chi connectivity index (χ0) is 16.4. The van der Waals surface area contributed by atoms with Crippen molar-refractivity contribution in [1.82, 2.24) is 9.55 Å². The molecule has 3 aromatic carbocycles. The van der Waals surface area contributed by atoms with E-state index in [0.29, 0.717) is 0 Å². The first-order valence-corrected chi connectivity index (χ1v) is 8.40. The molecule has 0 unspecified atom stereocenters. The van der Waals surface area contributed by atoms with Crippen molar-refractivity contribution >= 4 is 22.6 Å². The second-order valence-corrected chi connectivity index (χ2v) is 6.33. The maximum atomic E-state index is 6.00. The summed E-state index contributed by atoms with van der Waals surface area (Å²) in [6, 6.07) is 26.8. The molecule has 4 aromatic rings. The Hall–Kier alpha value is -2.58. The molecule has 0 atom stereocenters. The fourth-order valence-corrected chi connectivity index (χ4v) is 3.11. The Kier molecular flexibility index (Phi) is 4.06. The van der Waals surface area contributed by atoms with Gasteiger partial charge in [-0.25, -0.2) is 4.98 Å². The van der Waals surface area contributed by atoms with Crippen molar-refractivity contribution in [3.63, 3.8) is 0 Å². The number of rotatable bonds is 4. The SMILES string of the molecule is Clc1ccc(Cc2nc3ccccc3n2Cc2ccccc2)cc1. The molecule has 24 heavy (non-hydrogen) atoms. The molecule has 0 fully saturated rings. The average molecular weight is 333 g/mol. The molecule has 3 heteroatoms. The molecular formula is C21H17ClN2. The predicted octanol–water partition coefficient (Wildman–Crippen LogP) is 5.33. The molecule has 0 N–H and O–H groups in total. The first-order valence-electron chi connectivity index (χ1n) is 8.02. The van der Waals surface area contributed by atoms with Crippen molar-refractivity contribution in [3.8, 4) is 0 Å². The van der Waals surface area contributed by atoms with Crippen molar-refractivity contribution in [2.45, 2.75) is 13.0 Å². The second-order valence-electron chi connectivity index (χ2n) is 5.89. The number of nitrogens with zero attached hydrogens (tertiary/aromatic N) is 2. The lowest BCUT2D eigenvalue weighted by Gasteiger charge is -2.10. The van der Waals surface area contributed by atoms with Crippen LogP contribution in [0.5, 0.6) is 0 Å². The molecule has 0 bridgehead atoms. The third-order valence-corrected chi connectivity index (χ3v) is 4.44. The molecule has 0 saturated heterocycles. The van der Waals surface area contributed by atoms with Gasteiger partial charge in [-0.05, 0) is 35.4 Å². The van der Waals surface area contributed by atoms with E-state index in [1.807, 2.05) is 24.3 Å². The molecule has 0 aliphatic rings. The number of imidazole rings is 1. The molecule has 0 amide bonds. The molecule has 1 aromatic heterocycles. The molecule has 1 heterocycles. The summed E-state index contributed by atoms with van der Waals surface area (Å²) in [5, 5.41) is 0.761.